The molecule has 112 valence electrons. The molecule has 0 aliphatic rings. The first-order chi connectivity index (χ1) is 10.6. The van der Waals surface area contributed by atoms with Gasteiger partial charge in [0, 0.05) is 21.2 Å². The number of hydrogen-bond acceptors (Lipinski definition) is 3. The fourth-order valence-electron chi connectivity index (χ4n) is 2.48. The number of benzene rings is 2. The number of fused-ring (bicyclic) bond motifs is 1. The van der Waals surface area contributed by atoms with Crippen molar-refractivity contribution in [2.24, 2.45) is 5.73 Å². The maximum atomic E-state index is 12.0. The standard InChI is InChI=1S/C17H15NO2S2/c18-17(19)11-22(20)10-12-5-1-2-6-13(12)15-9-21-16-8-4-3-7-14(15)16/h1-9H,10-11H2,(H2,18,19). The third-order valence-electron chi connectivity index (χ3n) is 3.41. The van der Waals surface area contributed by atoms with Crippen LogP contribution in [0.1, 0.15) is 5.56 Å². The Morgan fingerprint density at radius 1 is 1.09 bits per heavy atom. The summed E-state index contributed by atoms with van der Waals surface area (Å²) >= 11 is 0.419. The van der Waals surface area contributed by atoms with E-state index in [0.29, 0.717) is 5.75 Å². The number of carbonyl (C=O) groups is 1. The van der Waals surface area contributed by atoms with E-state index in [9.17, 15) is 9.35 Å². The molecule has 2 N–H and O–H groups in total. The van der Waals surface area contributed by atoms with Gasteiger partial charge in [-0.3, -0.25) is 4.79 Å². The third kappa shape index (κ3) is 3.16. The van der Waals surface area contributed by atoms with Crippen LogP contribution in [0.4, 0.5) is 0 Å². The lowest BCUT2D eigenvalue weighted by molar-refractivity contribution is -0.115. The molecule has 0 radical (unpaired) electrons. The normalized spacial score (nSPS) is 12.4. The minimum atomic E-state index is -1.28. The Hall–Kier alpha value is -1.82. The predicted molar refractivity (Wildman–Crippen MR) is 93.2 cm³/mol. The summed E-state index contributed by atoms with van der Waals surface area (Å²) in [5, 5.41) is 3.32. The van der Waals surface area contributed by atoms with Crippen molar-refractivity contribution in [2.75, 3.05) is 5.75 Å². The lowest BCUT2D eigenvalue weighted by atomic mass is 10.0. The van der Waals surface area contributed by atoms with Crippen molar-refractivity contribution in [3.63, 3.8) is 0 Å². The highest BCUT2D eigenvalue weighted by Crippen LogP contribution is 2.36. The van der Waals surface area contributed by atoms with E-state index in [1.807, 2.05) is 36.4 Å². The Kier molecular flexibility index (Phi) is 4.47. The Morgan fingerprint density at radius 2 is 1.82 bits per heavy atom. The lowest BCUT2D eigenvalue weighted by Gasteiger charge is -2.12. The summed E-state index contributed by atoms with van der Waals surface area (Å²) in [6, 6.07) is 16.1. The topological polar surface area (TPSA) is 66.2 Å². The fraction of sp³-hybridized carbons (Fsp3) is 0.118. The van der Waals surface area contributed by atoms with Gasteiger partial charge in [0.15, 0.2) is 5.75 Å². The molecule has 0 bridgehead atoms. The molecule has 0 fully saturated rings. The van der Waals surface area contributed by atoms with Crippen LogP contribution < -0.4 is 5.73 Å². The third-order valence-corrected chi connectivity index (χ3v) is 5.61. The number of thiophene rings is 1. The number of hydrogen-bond donors (Lipinski definition) is 1. The number of rotatable bonds is 5. The van der Waals surface area contributed by atoms with Crippen LogP contribution in [0.3, 0.4) is 0 Å². The summed E-state index contributed by atoms with van der Waals surface area (Å²) in [6.07, 6.45) is 0. The van der Waals surface area contributed by atoms with Crippen LogP contribution in [0.15, 0.2) is 53.9 Å². The van der Waals surface area contributed by atoms with E-state index in [1.165, 1.54) is 10.1 Å². The Balaban J connectivity index is 1.99. The van der Waals surface area contributed by atoms with E-state index in [1.54, 1.807) is 11.3 Å². The molecule has 0 saturated carbocycles. The van der Waals surface area contributed by atoms with Crippen LogP contribution in [-0.2, 0) is 21.7 Å². The van der Waals surface area contributed by atoms with Crippen molar-refractivity contribution in [3.05, 3.63) is 59.5 Å². The summed E-state index contributed by atoms with van der Waals surface area (Å²) in [4.78, 5) is 10.9. The fourth-order valence-corrected chi connectivity index (χ4v) is 4.46. The van der Waals surface area contributed by atoms with Crippen LogP contribution in [0, 0.1) is 0 Å². The smallest absolute Gasteiger partial charge is 0.267 e. The SMILES string of the molecule is NC(=O)C[S+]([O-])Cc1ccccc1-c1csc2ccccc12. The van der Waals surface area contributed by atoms with Crippen LogP contribution in [0.25, 0.3) is 21.2 Å². The Morgan fingerprint density at radius 3 is 2.64 bits per heavy atom. The van der Waals surface area contributed by atoms with Crippen LogP contribution in [0.5, 0.6) is 0 Å². The van der Waals surface area contributed by atoms with Crippen molar-refractivity contribution in [3.8, 4) is 11.1 Å². The van der Waals surface area contributed by atoms with E-state index in [-0.39, 0.29) is 5.75 Å². The molecule has 1 unspecified atom stereocenters. The second-order valence-electron chi connectivity index (χ2n) is 5.00. The quantitative estimate of drug-likeness (QED) is 0.730. The van der Waals surface area contributed by atoms with E-state index in [2.05, 4.69) is 17.5 Å². The largest absolute Gasteiger partial charge is 0.616 e. The molecule has 3 rings (SSSR count). The second kappa shape index (κ2) is 6.52. The minimum Gasteiger partial charge on any atom is -0.616 e. The summed E-state index contributed by atoms with van der Waals surface area (Å²) < 4.78 is 13.2. The molecule has 1 atom stereocenters. The first-order valence-corrected chi connectivity index (χ1v) is 9.19. The van der Waals surface area contributed by atoms with Gasteiger partial charge in [0.25, 0.3) is 5.91 Å². The molecule has 2 aromatic carbocycles. The number of carbonyl (C=O) groups excluding carboxylic acids is 1. The molecule has 5 heteroatoms. The van der Waals surface area contributed by atoms with Crippen molar-refractivity contribution < 1.29 is 9.35 Å². The predicted octanol–water partition coefficient (Wildman–Crippen LogP) is 3.30. The molecule has 0 aliphatic heterocycles. The van der Waals surface area contributed by atoms with Gasteiger partial charge in [0.2, 0.25) is 0 Å². The van der Waals surface area contributed by atoms with Gasteiger partial charge in [-0.1, -0.05) is 42.5 Å². The summed E-state index contributed by atoms with van der Waals surface area (Å²) in [7, 11) is 0. The zero-order chi connectivity index (χ0) is 15.5. The van der Waals surface area contributed by atoms with E-state index >= 15 is 0 Å². The van der Waals surface area contributed by atoms with Gasteiger partial charge in [0.05, 0.1) is 0 Å². The molecule has 0 saturated heterocycles. The van der Waals surface area contributed by atoms with Crippen LogP contribution in [-0.4, -0.2) is 16.2 Å². The molecule has 22 heavy (non-hydrogen) atoms. The zero-order valence-electron chi connectivity index (χ0n) is 11.8. The van der Waals surface area contributed by atoms with Gasteiger partial charge in [-0.25, -0.2) is 0 Å². The van der Waals surface area contributed by atoms with Crippen molar-refractivity contribution in [2.45, 2.75) is 5.75 Å². The van der Waals surface area contributed by atoms with Crippen LogP contribution in [0.2, 0.25) is 0 Å². The van der Waals surface area contributed by atoms with Gasteiger partial charge in [-0.2, -0.15) is 0 Å². The van der Waals surface area contributed by atoms with E-state index < -0.39 is 17.1 Å². The molecule has 0 spiro atoms. The zero-order valence-corrected chi connectivity index (χ0v) is 13.5. The maximum absolute atomic E-state index is 12.0. The van der Waals surface area contributed by atoms with Gasteiger partial charge in [-0.05, 0) is 28.2 Å². The second-order valence-corrected chi connectivity index (χ2v) is 7.37. The lowest BCUT2D eigenvalue weighted by Crippen LogP contribution is -2.24. The number of amides is 1. The van der Waals surface area contributed by atoms with Crippen molar-refractivity contribution in [1.29, 1.82) is 0 Å². The average molecular weight is 329 g/mol. The first-order valence-electron chi connectivity index (χ1n) is 6.83. The molecule has 1 aromatic heterocycles. The first kappa shape index (κ1) is 15.1. The van der Waals surface area contributed by atoms with Gasteiger partial charge in [0.1, 0.15) is 5.75 Å². The molecule has 0 aliphatic carbocycles. The number of nitrogens with two attached hydrogens (primary N) is 1. The Labute approximate surface area is 136 Å². The van der Waals surface area contributed by atoms with E-state index in [4.69, 9.17) is 5.73 Å². The number of primary amides is 1. The molecule has 3 aromatic rings. The monoisotopic (exact) mass is 329 g/mol. The Bertz CT molecular complexity index is 813. The molecule has 1 amide bonds. The highest BCUT2D eigenvalue weighted by atomic mass is 32.2. The van der Waals surface area contributed by atoms with Crippen molar-refractivity contribution >= 4 is 38.5 Å². The van der Waals surface area contributed by atoms with Gasteiger partial charge < -0.3 is 10.3 Å². The highest BCUT2D eigenvalue weighted by Gasteiger charge is 2.16. The average Bonchev–Trinajstić information content (AvgIpc) is 2.91. The van der Waals surface area contributed by atoms with Crippen LogP contribution >= 0.6 is 11.3 Å². The van der Waals surface area contributed by atoms with Gasteiger partial charge >= 0.3 is 0 Å². The van der Waals surface area contributed by atoms with E-state index in [0.717, 1.165) is 16.7 Å². The molecular formula is C17H15NO2S2. The van der Waals surface area contributed by atoms with Gasteiger partial charge in [-0.15, -0.1) is 11.3 Å². The minimum absolute atomic E-state index is 0.0985. The maximum Gasteiger partial charge on any atom is 0.267 e. The highest BCUT2D eigenvalue weighted by molar-refractivity contribution is 7.91. The summed E-state index contributed by atoms with van der Waals surface area (Å²) in [5.41, 5.74) is 8.31. The van der Waals surface area contributed by atoms with Crippen molar-refractivity contribution in [1.82, 2.24) is 0 Å². The molecular weight excluding hydrogens is 314 g/mol. The summed E-state index contributed by atoms with van der Waals surface area (Å²) in [5.74, 6) is -0.293. The molecule has 3 nitrogen and oxygen atoms in total. The summed E-state index contributed by atoms with van der Waals surface area (Å²) in [6.45, 7) is 0. The molecule has 1 heterocycles.